The van der Waals surface area contributed by atoms with Crippen molar-refractivity contribution in [3.05, 3.63) is 35.6 Å². The molecule has 4 heteroatoms. The molecule has 0 heterocycles. The number of amides is 1. The molecule has 1 atom stereocenters. The Morgan fingerprint density at radius 3 is 2.76 bits per heavy atom. The molecule has 1 aromatic carbocycles. The Hall–Kier alpha value is -1.42. The first-order valence-corrected chi connectivity index (χ1v) is 5.89. The average Bonchev–Trinajstić information content (AvgIpc) is 2.29. The van der Waals surface area contributed by atoms with Gasteiger partial charge in [-0.05, 0) is 32.4 Å². The van der Waals surface area contributed by atoms with Crippen LogP contribution in [-0.2, 0) is 4.79 Å². The van der Waals surface area contributed by atoms with E-state index in [0.717, 1.165) is 12.8 Å². The Labute approximate surface area is 101 Å². The standard InChI is InChI=1S/C13H19FN2O/c1-10(11-6-2-3-7-12(11)14)16-13(17)8-4-5-9-15/h2-3,6-7,10H,4-5,8-9,15H2,1H3,(H,16,17). The molecule has 0 bridgehead atoms. The van der Waals surface area contributed by atoms with Crippen LogP contribution in [0, 0.1) is 5.82 Å². The van der Waals surface area contributed by atoms with Crippen molar-refractivity contribution in [2.75, 3.05) is 6.54 Å². The minimum Gasteiger partial charge on any atom is -0.349 e. The second-order valence-electron chi connectivity index (χ2n) is 4.06. The summed E-state index contributed by atoms with van der Waals surface area (Å²) < 4.78 is 13.4. The lowest BCUT2D eigenvalue weighted by Gasteiger charge is -2.14. The zero-order valence-corrected chi connectivity index (χ0v) is 10.1. The van der Waals surface area contributed by atoms with E-state index < -0.39 is 0 Å². The van der Waals surface area contributed by atoms with Crippen LogP contribution in [0.2, 0.25) is 0 Å². The summed E-state index contributed by atoms with van der Waals surface area (Å²) in [6, 6.07) is 6.16. The van der Waals surface area contributed by atoms with Gasteiger partial charge in [-0.1, -0.05) is 18.2 Å². The van der Waals surface area contributed by atoms with Crippen molar-refractivity contribution in [3.8, 4) is 0 Å². The van der Waals surface area contributed by atoms with Crippen molar-refractivity contribution < 1.29 is 9.18 Å². The second kappa shape index (κ2) is 7.01. The summed E-state index contributed by atoms with van der Waals surface area (Å²) in [5.41, 5.74) is 5.86. The van der Waals surface area contributed by atoms with Crippen LogP contribution in [0.15, 0.2) is 24.3 Å². The van der Waals surface area contributed by atoms with Gasteiger partial charge in [0.25, 0.3) is 0 Å². The number of hydrogen-bond acceptors (Lipinski definition) is 2. The highest BCUT2D eigenvalue weighted by Crippen LogP contribution is 2.16. The molecular weight excluding hydrogens is 219 g/mol. The van der Waals surface area contributed by atoms with Gasteiger partial charge in [-0.25, -0.2) is 4.39 Å². The first-order valence-electron chi connectivity index (χ1n) is 5.89. The lowest BCUT2D eigenvalue weighted by atomic mass is 10.1. The molecular formula is C13H19FN2O. The molecule has 3 nitrogen and oxygen atoms in total. The summed E-state index contributed by atoms with van der Waals surface area (Å²) in [5, 5.41) is 2.78. The number of rotatable bonds is 6. The SMILES string of the molecule is CC(NC(=O)CCCCN)c1ccccc1F. The highest BCUT2D eigenvalue weighted by atomic mass is 19.1. The molecule has 3 N–H and O–H groups in total. The van der Waals surface area contributed by atoms with Crippen molar-refractivity contribution >= 4 is 5.91 Å². The molecule has 1 aromatic rings. The molecule has 94 valence electrons. The van der Waals surface area contributed by atoms with E-state index in [4.69, 9.17) is 5.73 Å². The van der Waals surface area contributed by atoms with Gasteiger partial charge < -0.3 is 11.1 Å². The number of hydrogen-bond donors (Lipinski definition) is 2. The zero-order chi connectivity index (χ0) is 12.7. The third-order valence-corrected chi connectivity index (χ3v) is 2.61. The minimum atomic E-state index is -0.304. The number of nitrogens with two attached hydrogens (primary N) is 1. The van der Waals surface area contributed by atoms with Crippen LogP contribution in [0.4, 0.5) is 4.39 Å². The molecule has 0 saturated heterocycles. The molecule has 0 radical (unpaired) electrons. The van der Waals surface area contributed by atoms with Gasteiger partial charge in [0.2, 0.25) is 5.91 Å². The fourth-order valence-electron chi connectivity index (χ4n) is 1.65. The summed E-state index contributed by atoms with van der Waals surface area (Å²) in [4.78, 5) is 11.5. The monoisotopic (exact) mass is 238 g/mol. The molecule has 0 aliphatic rings. The van der Waals surface area contributed by atoms with Crippen LogP contribution in [0.25, 0.3) is 0 Å². The number of unbranched alkanes of at least 4 members (excludes halogenated alkanes) is 1. The molecule has 0 spiro atoms. The van der Waals surface area contributed by atoms with E-state index in [1.54, 1.807) is 25.1 Å². The highest BCUT2D eigenvalue weighted by molar-refractivity contribution is 5.76. The molecule has 0 saturated carbocycles. The van der Waals surface area contributed by atoms with Crippen molar-refractivity contribution in [2.45, 2.75) is 32.2 Å². The molecule has 1 amide bonds. The van der Waals surface area contributed by atoms with Gasteiger partial charge in [0.15, 0.2) is 0 Å². The van der Waals surface area contributed by atoms with Crippen molar-refractivity contribution in [2.24, 2.45) is 5.73 Å². The van der Waals surface area contributed by atoms with Gasteiger partial charge in [0, 0.05) is 12.0 Å². The second-order valence-corrected chi connectivity index (χ2v) is 4.06. The summed E-state index contributed by atoms with van der Waals surface area (Å²) in [7, 11) is 0. The Morgan fingerprint density at radius 1 is 1.41 bits per heavy atom. The summed E-state index contributed by atoms with van der Waals surface area (Å²) in [5.74, 6) is -0.350. The quantitative estimate of drug-likeness (QED) is 0.746. The van der Waals surface area contributed by atoms with Crippen molar-refractivity contribution in [1.29, 1.82) is 0 Å². The Bertz CT molecular complexity index is 368. The van der Waals surface area contributed by atoms with Crippen LogP contribution in [0.5, 0.6) is 0 Å². The third-order valence-electron chi connectivity index (χ3n) is 2.61. The number of carbonyl (C=O) groups excluding carboxylic acids is 1. The molecule has 0 aliphatic carbocycles. The fraction of sp³-hybridized carbons (Fsp3) is 0.462. The normalized spacial score (nSPS) is 12.2. The maximum absolute atomic E-state index is 13.4. The van der Waals surface area contributed by atoms with Crippen molar-refractivity contribution in [3.63, 3.8) is 0 Å². The molecule has 0 fully saturated rings. The molecule has 1 rings (SSSR count). The highest BCUT2D eigenvalue weighted by Gasteiger charge is 2.12. The fourth-order valence-corrected chi connectivity index (χ4v) is 1.65. The van der Waals surface area contributed by atoms with E-state index in [1.807, 2.05) is 0 Å². The van der Waals surface area contributed by atoms with Gasteiger partial charge in [-0.2, -0.15) is 0 Å². The van der Waals surface area contributed by atoms with Gasteiger partial charge in [0.1, 0.15) is 5.82 Å². The Kier molecular flexibility index (Phi) is 5.63. The largest absolute Gasteiger partial charge is 0.349 e. The van der Waals surface area contributed by atoms with Gasteiger partial charge in [-0.15, -0.1) is 0 Å². The lowest BCUT2D eigenvalue weighted by Crippen LogP contribution is -2.27. The van der Waals surface area contributed by atoms with Crippen LogP contribution < -0.4 is 11.1 Å². The maximum Gasteiger partial charge on any atom is 0.220 e. The lowest BCUT2D eigenvalue weighted by molar-refractivity contribution is -0.121. The number of benzene rings is 1. The Balaban J connectivity index is 2.46. The smallest absolute Gasteiger partial charge is 0.220 e. The van der Waals surface area contributed by atoms with E-state index in [1.165, 1.54) is 6.07 Å². The minimum absolute atomic E-state index is 0.0609. The first-order chi connectivity index (χ1) is 8.15. The van der Waals surface area contributed by atoms with E-state index in [-0.39, 0.29) is 17.8 Å². The van der Waals surface area contributed by atoms with Gasteiger partial charge in [-0.3, -0.25) is 4.79 Å². The average molecular weight is 238 g/mol. The van der Waals surface area contributed by atoms with E-state index in [9.17, 15) is 9.18 Å². The predicted octanol–water partition coefficient (Wildman–Crippen LogP) is 2.13. The van der Waals surface area contributed by atoms with E-state index in [2.05, 4.69) is 5.32 Å². The zero-order valence-electron chi connectivity index (χ0n) is 10.1. The van der Waals surface area contributed by atoms with E-state index >= 15 is 0 Å². The summed E-state index contributed by atoms with van der Waals surface area (Å²) in [6.45, 7) is 2.37. The molecule has 0 aliphatic heterocycles. The number of nitrogens with one attached hydrogen (secondary N) is 1. The van der Waals surface area contributed by atoms with Gasteiger partial charge >= 0.3 is 0 Å². The van der Waals surface area contributed by atoms with Gasteiger partial charge in [0.05, 0.1) is 6.04 Å². The van der Waals surface area contributed by atoms with Crippen LogP contribution in [-0.4, -0.2) is 12.5 Å². The number of halogens is 1. The molecule has 1 unspecified atom stereocenters. The maximum atomic E-state index is 13.4. The van der Waals surface area contributed by atoms with Crippen LogP contribution >= 0.6 is 0 Å². The first kappa shape index (κ1) is 13.6. The predicted molar refractivity (Wildman–Crippen MR) is 65.9 cm³/mol. The van der Waals surface area contributed by atoms with E-state index in [0.29, 0.717) is 18.5 Å². The molecule has 0 aromatic heterocycles. The topological polar surface area (TPSA) is 55.1 Å². The van der Waals surface area contributed by atoms with Crippen LogP contribution in [0.3, 0.4) is 0 Å². The number of carbonyl (C=O) groups is 1. The third kappa shape index (κ3) is 4.53. The summed E-state index contributed by atoms with van der Waals surface area (Å²) in [6.07, 6.45) is 2.05. The Morgan fingerprint density at radius 2 is 2.12 bits per heavy atom. The summed E-state index contributed by atoms with van der Waals surface area (Å²) >= 11 is 0. The van der Waals surface area contributed by atoms with Crippen LogP contribution in [0.1, 0.15) is 37.8 Å². The van der Waals surface area contributed by atoms with Crippen molar-refractivity contribution in [1.82, 2.24) is 5.32 Å². The molecule has 17 heavy (non-hydrogen) atoms.